The van der Waals surface area contributed by atoms with Crippen molar-refractivity contribution in [3.8, 4) is 5.75 Å². The minimum atomic E-state index is -0.853. The molecule has 0 radical (unpaired) electrons. The first-order chi connectivity index (χ1) is 15.6. The molecule has 2 aromatic carbocycles. The number of barbiturate groups is 1. The number of carbonyl (C=O) groups is 4. The summed E-state index contributed by atoms with van der Waals surface area (Å²) in [5, 5.41) is 2.57. The van der Waals surface area contributed by atoms with Crippen molar-refractivity contribution in [1.82, 2.24) is 5.32 Å². The summed E-state index contributed by atoms with van der Waals surface area (Å²) >= 11 is 10.2. The van der Waals surface area contributed by atoms with Crippen LogP contribution in [0, 0.1) is 14.1 Å². The molecular formula is C22H17ClI2N2O6. The van der Waals surface area contributed by atoms with E-state index in [0.717, 1.165) is 10.5 Å². The van der Waals surface area contributed by atoms with Crippen LogP contribution >= 0.6 is 56.8 Å². The van der Waals surface area contributed by atoms with E-state index < -0.39 is 23.8 Å². The van der Waals surface area contributed by atoms with E-state index in [2.05, 4.69) is 5.32 Å². The second-order valence-electron chi connectivity index (χ2n) is 6.80. The molecule has 11 heteroatoms. The zero-order chi connectivity index (χ0) is 24.3. The Morgan fingerprint density at radius 2 is 1.82 bits per heavy atom. The molecule has 0 aliphatic carbocycles. The first-order valence-corrected chi connectivity index (χ1v) is 12.1. The molecule has 0 saturated carbocycles. The topological polar surface area (TPSA) is 102 Å². The van der Waals surface area contributed by atoms with E-state index in [-0.39, 0.29) is 24.5 Å². The van der Waals surface area contributed by atoms with Gasteiger partial charge in [0.1, 0.15) is 11.3 Å². The Balaban J connectivity index is 1.91. The highest BCUT2D eigenvalue weighted by Crippen LogP contribution is 2.31. The van der Waals surface area contributed by atoms with Gasteiger partial charge in [-0.15, -0.1) is 0 Å². The second-order valence-corrected chi connectivity index (χ2v) is 9.53. The standard InChI is InChI=1S/C22H17ClI2N2O6/c1-3-32-18(28)10-33-19-16(24)7-12(8-17(19)25)6-14-20(29)26-22(31)27(21(14)30)13-5-4-11(2)15(23)9-13/h4-9H,3,10H2,1-2H3,(H,26,29,31)/b14-6-. The monoisotopic (exact) mass is 694 g/mol. The zero-order valence-corrected chi connectivity index (χ0v) is 22.5. The van der Waals surface area contributed by atoms with E-state index in [9.17, 15) is 19.2 Å². The average Bonchev–Trinajstić information content (AvgIpc) is 2.73. The maximum absolute atomic E-state index is 13.1. The SMILES string of the molecule is CCOC(=O)COc1c(I)cc(/C=C2/C(=O)NC(=O)N(c3ccc(C)c(Cl)c3)C2=O)cc1I. The van der Waals surface area contributed by atoms with Gasteiger partial charge >= 0.3 is 12.0 Å². The highest BCUT2D eigenvalue weighted by molar-refractivity contribution is 14.1. The van der Waals surface area contributed by atoms with Gasteiger partial charge in [0.2, 0.25) is 0 Å². The summed E-state index contributed by atoms with van der Waals surface area (Å²) in [6, 6.07) is 7.28. The zero-order valence-electron chi connectivity index (χ0n) is 17.4. The van der Waals surface area contributed by atoms with E-state index in [1.54, 1.807) is 38.1 Å². The van der Waals surface area contributed by atoms with Crippen LogP contribution in [0.5, 0.6) is 5.75 Å². The Morgan fingerprint density at radius 1 is 1.15 bits per heavy atom. The summed E-state index contributed by atoms with van der Waals surface area (Å²) in [6.45, 7) is 3.52. The summed E-state index contributed by atoms with van der Waals surface area (Å²) in [6.07, 6.45) is 1.40. The van der Waals surface area contributed by atoms with Crippen LogP contribution in [0.1, 0.15) is 18.1 Å². The van der Waals surface area contributed by atoms with Gasteiger partial charge in [-0.1, -0.05) is 17.7 Å². The molecule has 1 aliphatic rings. The lowest BCUT2D eigenvalue weighted by molar-refractivity contribution is -0.145. The summed E-state index contributed by atoms with van der Waals surface area (Å²) < 4.78 is 11.7. The Hall–Kier alpha value is -2.19. The molecule has 1 heterocycles. The fourth-order valence-corrected chi connectivity index (χ4v) is 5.22. The summed E-state index contributed by atoms with van der Waals surface area (Å²) in [4.78, 5) is 50.3. The molecule has 0 aromatic heterocycles. The molecule has 1 saturated heterocycles. The van der Waals surface area contributed by atoms with Crippen LogP contribution in [-0.4, -0.2) is 37.0 Å². The van der Waals surface area contributed by atoms with Gasteiger partial charge in [-0.05, 0) is 100 Å². The number of anilines is 1. The third-order valence-electron chi connectivity index (χ3n) is 4.49. The molecule has 8 nitrogen and oxygen atoms in total. The number of hydrogen-bond donors (Lipinski definition) is 1. The lowest BCUT2D eigenvalue weighted by atomic mass is 10.1. The van der Waals surface area contributed by atoms with Crippen LogP contribution < -0.4 is 15.0 Å². The van der Waals surface area contributed by atoms with Crippen LogP contribution in [0.3, 0.4) is 0 Å². The number of amides is 4. The maximum Gasteiger partial charge on any atom is 0.344 e. The lowest BCUT2D eigenvalue weighted by Gasteiger charge is -2.26. The number of halogens is 3. The molecule has 0 bridgehead atoms. The minimum absolute atomic E-state index is 0.210. The summed E-state index contributed by atoms with van der Waals surface area (Å²) in [5.41, 5.74) is 1.37. The van der Waals surface area contributed by atoms with Crippen molar-refractivity contribution in [3.05, 3.63) is 59.2 Å². The van der Waals surface area contributed by atoms with Crippen molar-refractivity contribution < 1.29 is 28.7 Å². The molecule has 2 aromatic rings. The number of hydrogen-bond acceptors (Lipinski definition) is 6. The van der Waals surface area contributed by atoms with Crippen molar-refractivity contribution >= 4 is 92.4 Å². The molecule has 33 heavy (non-hydrogen) atoms. The van der Waals surface area contributed by atoms with E-state index in [0.29, 0.717) is 23.5 Å². The average molecular weight is 695 g/mol. The molecule has 0 spiro atoms. The molecule has 1 N–H and O–H groups in total. The van der Waals surface area contributed by atoms with Gasteiger partial charge in [0.05, 0.1) is 19.4 Å². The van der Waals surface area contributed by atoms with Gasteiger partial charge in [-0.3, -0.25) is 14.9 Å². The molecule has 172 valence electrons. The normalized spacial score (nSPS) is 15.0. The van der Waals surface area contributed by atoms with Gasteiger partial charge in [-0.25, -0.2) is 14.5 Å². The summed E-state index contributed by atoms with van der Waals surface area (Å²) in [7, 11) is 0. The molecule has 4 amide bonds. The molecule has 1 fully saturated rings. The number of urea groups is 1. The van der Waals surface area contributed by atoms with Crippen LogP contribution in [0.15, 0.2) is 35.9 Å². The van der Waals surface area contributed by atoms with Crippen LogP contribution in [-0.2, 0) is 19.1 Å². The number of nitrogens with zero attached hydrogens (tertiary/aromatic N) is 1. The van der Waals surface area contributed by atoms with Gasteiger partial charge in [0, 0.05) is 5.02 Å². The second kappa shape index (κ2) is 10.8. The quantitative estimate of drug-likeness (QED) is 0.208. The van der Waals surface area contributed by atoms with Crippen LogP contribution in [0.4, 0.5) is 10.5 Å². The van der Waals surface area contributed by atoms with Crippen molar-refractivity contribution in [2.45, 2.75) is 13.8 Å². The van der Waals surface area contributed by atoms with Crippen molar-refractivity contribution in [1.29, 1.82) is 0 Å². The van der Waals surface area contributed by atoms with Gasteiger partial charge in [0.15, 0.2) is 6.61 Å². The van der Waals surface area contributed by atoms with Crippen molar-refractivity contribution in [2.24, 2.45) is 0 Å². The Labute approximate surface area is 221 Å². The van der Waals surface area contributed by atoms with E-state index in [1.807, 2.05) is 45.2 Å². The highest BCUT2D eigenvalue weighted by Gasteiger charge is 2.37. The van der Waals surface area contributed by atoms with E-state index in [1.165, 1.54) is 12.1 Å². The molecule has 3 rings (SSSR count). The largest absolute Gasteiger partial charge is 0.480 e. The number of imide groups is 2. The Kier molecular flexibility index (Phi) is 8.34. The fraction of sp³-hybridized carbons (Fsp3) is 0.182. The van der Waals surface area contributed by atoms with Crippen LogP contribution in [0.2, 0.25) is 5.02 Å². The van der Waals surface area contributed by atoms with E-state index in [4.69, 9.17) is 21.1 Å². The van der Waals surface area contributed by atoms with Gasteiger partial charge in [-0.2, -0.15) is 0 Å². The van der Waals surface area contributed by atoms with Gasteiger partial charge < -0.3 is 9.47 Å². The number of esters is 1. The predicted molar refractivity (Wildman–Crippen MR) is 139 cm³/mol. The molecule has 0 atom stereocenters. The molecular weight excluding hydrogens is 678 g/mol. The Bertz CT molecular complexity index is 1170. The van der Waals surface area contributed by atoms with Crippen LogP contribution in [0.25, 0.3) is 6.08 Å². The third kappa shape index (κ3) is 5.84. The number of nitrogens with one attached hydrogen (secondary N) is 1. The number of rotatable bonds is 6. The number of aryl methyl sites for hydroxylation is 1. The number of benzene rings is 2. The van der Waals surface area contributed by atoms with Crippen molar-refractivity contribution in [2.75, 3.05) is 18.1 Å². The molecule has 1 aliphatic heterocycles. The fourth-order valence-electron chi connectivity index (χ4n) is 2.91. The number of ether oxygens (including phenoxy) is 2. The van der Waals surface area contributed by atoms with Crippen molar-refractivity contribution in [3.63, 3.8) is 0 Å². The van der Waals surface area contributed by atoms with E-state index >= 15 is 0 Å². The third-order valence-corrected chi connectivity index (χ3v) is 6.50. The predicted octanol–water partition coefficient (Wildman–Crippen LogP) is 4.47. The highest BCUT2D eigenvalue weighted by atomic mass is 127. The Morgan fingerprint density at radius 3 is 2.42 bits per heavy atom. The molecule has 0 unspecified atom stereocenters. The first-order valence-electron chi connectivity index (χ1n) is 9.57. The summed E-state index contributed by atoms with van der Waals surface area (Å²) in [5.74, 6) is -1.57. The smallest absolute Gasteiger partial charge is 0.344 e. The first kappa shape index (κ1) is 25.4. The van der Waals surface area contributed by atoms with Gasteiger partial charge in [0.25, 0.3) is 11.8 Å². The minimum Gasteiger partial charge on any atom is -0.480 e. The maximum atomic E-state index is 13.1. The number of carbonyl (C=O) groups excluding carboxylic acids is 4. The lowest BCUT2D eigenvalue weighted by Crippen LogP contribution is -2.54.